The largest absolute Gasteiger partial charge is 0.493 e. The summed E-state index contributed by atoms with van der Waals surface area (Å²) in [6, 6.07) is 5.53. The Morgan fingerprint density at radius 1 is 1.33 bits per heavy atom. The van der Waals surface area contributed by atoms with Crippen molar-refractivity contribution in [2.45, 2.75) is 26.2 Å². The lowest BCUT2D eigenvalue weighted by atomic mass is 10.2. The number of methoxy groups -OCH3 is 1. The van der Waals surface area contributed by atoms with Crippen molar-refractivity contribution in [2.75, 3.05) is 20.3 Å². The summed E-state index contributed by atoms with van der Waals surface area (Å²) < 4.78 is 10.8. The summed E-state index contributed by atoms with van der Waals surface area (Å²) in [5, 5.41) is 6.13. The molecule has 27 heavy (non-hydrogen) atoms. The molecule has 0 bridgehead atoms. The average Bonchev–Trinajstić information content (AvgIpc) is 3.09. The first-order chi connectivity index (χ1) is 13.1. The second-order valence-electron chi connectivity index (χ2n) is 5.97. The van der Waals surface area contributed by atoms with Gasteiger partial charge in [-0.15, -0.1) is 11.3 Å². The number of thiazole rings is 1. The van der Waals surface area contributed by atoms with Crippen LogP contribution in [0.5, 0.6) is 11.5 Å². The number of unbranched alkanes of at least 4 members (excludes halogenated alkanes) is 1. The Morgan fingerprint density at radius 3 is 2.89 bits per heavy atom. The number of aromatic nitrogens is 1. The number of amides is 1. The van der Waals surface area contributed by atoms with E-state index in [-0.39, 0.29) is 5.91 Å². The minimum atomic E-state index is -0.106. The van der Waals surface area contributed by atoms with Gasteiger partial charge in [0, 0.05) is 23.7 Å². The Labute approximate surface area is 164 Å². The fraction of sp³-hybridized carbons (Fsp3) is 0.333. The van der Waals surface area contributed by atoms with Crippen LogP contribution in [0.4, 0.5) is 0 Å². The molecular weight excluding hydrogens is 360 g/mol. The van der Waals surface area contributed by atoms with Crippen molar-refractivity contribution in [1.29, 1.82) is 0 Å². The van der Waals surface area contributed by atoms with Crippen molar-refractivity contribution in [1.82, 2.24) is 10.3 Å². The summed E-state index contributed by atoms with van der Waals surface area (Å²) in [5.74, 6) is 1.16. The Kier molecular flexibility index (Phi) is 8.58. The van der Waals surface area contributed by atoms with Crippen LogP contribution >= 0.6 is 11.3 Å². The van der Waals surface area contributed by atoms with Crippen molar-refractivity contribution in [3.63, 3.8) is 0 Å². The zero-order valence-corrected chi connectivity index (χ0v) is 16.7. The summed E-state index contributed by atoms with van der Waals surface area (Å²) in [6.45, 7) is 6.70. The Hall–Kier alpha value is -2.60. The van der Waals surface area contributed by atoms with Crippen LogP contribution in [0.3, 0.4) is 0 Å². The number of hydrogen-bond acceptors (Lipinski definition) is 5. The number of nitrogens with one attached hydrogen (secondary N) is 1. The highest BCUT2D eigenvalue weighted by atomic mass is 32.1. The van der Waals surface area contributed by atoms with Crippen molar-refractivity contribution < 1.29 is 14.3 Å². The van der Waals surface area contributed by atoms with Crippen LogP contribution in [-0.2, 0) is 11.2 Å². The molecule has 0 aliphatic heterocycles. The summed E-state index contributed by atoms with van der Waals surface area (Å²) in [4.78, 5) is 16.4. The van der Waals surface area contributed by atoms with Gasteiger partial charge in [0.15, 0.2) is 11.5 Å². The van der Waals surface area contributed by atoms with Gasteiger partial charge in [-0.2, -0.15) is 0 Å². The molecule has 1 amide bonds. The maximum atomic E-state index is 11.9. The van der Waals surface area contributed by atoms with Gasteiger partial charge in [0.1, 0.15) is 6.61 Å². The molecule has 0 radical (unpaired) electrons. The Bertz CT molecular complexity index is 783. The van der Waals surface area contributed by atoms with Crippen LogP contribution < -0.4 is 14.8 Å². The van der Waals surface area contributed by atoms with E-state index in [2.05, 4.69) is 22.3 Å². The number of ether oxygens (including phenoxy) is 2. The highest BCUT2D eigenvalue weighted by Crippen LogP contribution is 2.28. The molecule has 0 aliphatic carbocycles. The molecule has 0 atom stereocenters. The van der Waals surface area contributed by atoms with Crippen LogP contribution in [0.15, 0.2) is 42.3 Å². The molecule has 2 rings (SSSR count). The first-order valence-corrected chi connectivity index (χ1v) is 9.79. The van der Waals surface area contributed by atoms with Gasteiger partial charge in [-0.05, 0) is 50.0 Å². The molecule has 6 heteroatoms. The molecule has 1 heterocycles. The van der Waals surface area contributed by atoms with Gasteiger partial charge < -0.3 is 14.8 Å². The SMILES string of the molecule is C=CCOc1ccc(/C=C/C(=O)NCCCCc2nc(C)cs2)cc1OC. The van der Waals surface area contributed by atoms with Gasteiger partial charge in [-0.1, -0.05) is 18.7 Å². The second kappa shape index (κ2) is 11.2. The Morgan fingerprint density at radius 2 is 2.19 bits per heavy atom. The normalized spacial score (nSPS) is 10.7. The minimum absolute atomic E-state index is 0.106. The first kappa shape index (κ1) is 20.7. The third-order valence-electron chi connectivity index (χ3n) is 3.75. The smallest absolute Gasteiger partial charge is 0.243 e. The predicted octanol–water partition coefficient (Wildman–Crippen LogP) is 4.18. The summed E-state index contributed by atoms with van der Waals surface area (Å²) in [7, 11) is 1.59. The number of carbonyl (C=O) groups excluding carboxylic acids is 1. The molecule has 5 nitrogen and oxygen atoms in total. The molecule has 0 aliphatic rings. The van der Waals surface area contributed by atoms with Gasteiger partial charge in [0.2, 0.25) is 5.91 Å². The number of rotatable bonds is 11. The van der Waals surface area contributed by atoms with E-state index in [0.29, 0.717) is 24.7 Å². The van der Waals surface area contributed by atoms with Gasteiger partial charge in [0.05, 0.1) is 12.1 Å². The van der Waals surface area contributed by atoms with Crippen LogP contribution in [0.25, 0.3) is 6.08 Å². The molecule has 0 unspecified atom stereocenters. The maximum Gasteiger partial charge on any atom is 0.243 e. The van der Waals surface area contributed by atoms with E-state index in [1.165, 1.54) is 6.08 Å². The number of hydrogen-bond donors (Lipinski definition) is 1. The lowest BCUT2D eigenvalue weighted by Crippen LogP contribution is -2.22. The van der Waals surface area contributed by atoms with Crippen molar-refractivity contribution >= 4 is 23.3 Å². The highest BCUT2D eigenvalue weighted by Gasteiger charge is 2.04. The van der Waals surface area contributed by atoms with E-state index in [1.54, 1.807) is 30.6 Å². The lowest BCUT2D eigenvalue weighted by molar-refractivity contribution is -0.116. The molecule has 2 aromatic rings. The molecular formula is C21H26N2O3S. The summed E-state index contributed by atoms with van der Waals surface area (Å²) >= 11 is 1.69. The molecule has 1 aromatic heterocycles. The van der Waals surface area contributed by atoms with E-state index in [9.17, 15) is 4.79 Å². The summed E-state index contributed by atoms with van der Waals surface area (Å²) in [6.07, 6.45) is 7.87. The highest BCUT2D eigenvalue weighted by molar-refractivity contribution is 7.09. The van der Waals surface area contributed by atoms with E-state index >= 15 is 0 Å². The summed E-state index contributed by atoms with van der Waals surface area (Å²) in [5.41, 5.74) is 1.94. The number of carbonyl (C=O) groups is 1. The van der Waals surface area contributed by atoms with Crippen LogP contribution in [0, 0.1) is 6.92 Å². The van der Waals surface area contributed by atoms with E-state index in [4.69, 9.17) is 9.47 Å². The zero-order valence-electron chi connectivity index (χ0n) is 15.9. The van der Waals surface area contributed by atoms with E-state index in [1.807, 2.05) is 25.1 Å². The van der Waals surface area contributed by atoms with Crippen molar-refractivity contribution in [3.8, 4) is 11.5 Å². The average molecular weight is 387 g/mol. The monoisotopic (exact) mass is 386 g/mol. The van der Waals surface area contributed by atoms with Gasteiger partial charge in [0.25, 0.3) is 0 Å². The fourth-order valence-electron chi connectivity index (χ4n) is 2.42. The molecule has 0 spiro atoms. The third-order valence-corrected chi connectivity index (χ3v) is 4.78. The van der Waals surface area contributed by atoms with Gasteiger partial charge in [-0.25, -0.2) is 4.98 Å². The minimum Gasteiger partial charge on any atom is -0.493 e. The first-order valence-electron chi connectivity index (χ1n) is 8.91. The fourth-order valence-corrected chi connectivity index (χ4v) is 3.24. The molecule has 0 saturated carbocycles. The Balaban J connectivity index is 1.74. The van der Waals surface area contributed by atoms with E-state index < -0.39 is 0 Å². The van der Waals surface area contributed by atoms with Crippen LogP contribution in [-0.4, -0.2) is 31.2 Å². The van der Waals surface area contributed by atoms with Crippen LogP contribution in [0.1, 0.15) is 29.1 Å². The van der Waals surface area contributed by atoms with Crippen LogP contribution in [0.2, 0.25) is 0 Å². The topological polar surface area (TPSA) is 60.5 Å². The predicted molar refractivity (Wildman–Crippen MR) is 111 cm³/mol. The maximum absolute atomic E-state index is 11.9. The number of benzene rings is 1. The van der Waals surface area contributed by atoms with E-state index in [0.717, 1.165) is 35.5 Å². The van der Waals surface area contributed by atoms with Gasteiger partial charge >= 0.3 is 0 Å². The van der Waals surface area contributed by atoms with Gasteiger partial charge in [-0.3, -0.25) is 4.79 Å². The number of nitrogens with zero attached hydrogens (tertiary/aromatic N) is 1. The number of aryl methyl sites for hydroxylation is 2. The van der Waals surface area contributed by atoms with Crippen molar-refractivity contribution in [2.24, 2.45) is 0 Å². The standard InChI is InChI=1S/C21H26N2O3S/c1-4-13-26-18-10-8-17(14-19(18)25-3)9-11-20(24)22-12-6-5-7-21-23-16(2)15-27-21/h4,8-11,14-15H,1,5-7,12-13H2,2-3H3,(H,22,24)/b11-9+. The third kappa shape index (κ3) is 7.27. The zero-order chi connectivity index (χ0) is 19.5. The second-order valence-corrected chi connectivity index (χ2v) is 6.92. The molecule has 144 valence electrons. The van der Waals surface area contributed by atoms with Crippen molar-refractivity contribution in [3.05, 3.63) is 58.6 Å². The quantitative estimate of drug-likeness (QED) is 0.358. The lowest BCUT2D eigenvalue weighted by Gasteiger charge is -2.09. The molecule has 1 N–H and O–H groups in total. The molecule has 0 fully saturated rings. The molecule has 0 saturated heterocycles. The molecule has 1 aromatic carbocycles.